The standard InChI is InChI=1S/C8H7NO4.CH4/c9-13-8(12)6-3-1-5(2-4-6)7(10)11;/h1-4H,9H2,(H,10,11);1H4. The summed E-state index contributed by atoms with van der Waals surface area (Å²) in [5.41, 5.74) is 0.320. The second-order valence-corrected chi connectivity index (χ2v) is 2.29. The van der Waals surface area contributed by atoms with Crippen LogP contribution < -0.4 is 5.90 Å². The molecule has 14 heavy (non-hydrogen) atoms. The Labute approximate surface area is 81.1 Å². The molecule has 0 aliphatic rings. The van der Waals surface area contributed by atoms with Crippen LogP contribution in [-0.2, 0) is 4.84 Å². The number of nitrogens with two attached hydrogens (primary N) is 1. The van der Waals surface area contributed by atoms with Crippen molar-refractivity contribution in [2.45, 2.75) is 7.43 Å². The molecule has 0 spiro atoms. The van der Waals surface area contributed by atoms with Crippen LogP contribution in [0.2, 0.25) is 0 Å². The highest BCUT2D eigenvalue weighted by atomic mass is 16.7. The predicted octanol–water partition coefficient (Wildman–Crippen LogP) is 1.05. The Kier molecular flexibility index (Phi) is 4.31. The summed E-state index contributed by atoms with van der Waals surface area (Å²) in [6.07, 6.45) is 0. The molecular formula is C9H11NO4. The van der Waals surface area contributed by atoms with Crippen molar-refractivity contribution in [2.75, 3.05) is 0 Å². The molecule has 0 saturated heterocycles. The molecule has 0 amide bonds. The Bertz CT molecular complexity index is 331. The van der Waals surface area contributed by atoms with Crippen LogP contribution in [0.4, 0.5) is 0 Å². The van der Waals surface area contributed by atoms with Crippen LogP contribution in [0.3, 0.4) is 0 Å². The average molecular weight is 197 g/mol. The maximum atomic E-state index is 10.8. The molecule has 0 heterocycles. The summed E-state index contributed by atoms with van der Waals surface area (Å²) in [4.78, 5) is 25.2. The van der Waals surface area contributed by atoms with Crippen LogP contribution in [0.5, 0.6) is 0 Å². The van der Waals surface area contributed by atoms with Crippen LogP contribution in [0.25, 0.3) is 0 Å². The van der Waals surface area contributed by atoms with Gasteiger partial charge in [0.05, 0.1) is 11.1 Å². The van der Waals surface area contributed by atoms with Crippen molar-refractivity contribution in [1.29, 1.82) is 0 Å². The largest absolute Gasteiger partial charge is 0.478 e. The molecule has 0 atom stereocenters. The van der Waals surface area contributed by atoms with E-state index in [-0.39, 0.29) is 18.6 Å². The third-order valence-electron chi connectivity index (χ3n) is 1.47. The number of carboxylic acids is 1. The van der Waals surface area contributed by atoms with Crippen molar-refractivity contribution < 1.29 is 19.5 Å². The maximum Gasteiger partial charge on any atom is 0.356 e. The van der Waals surface area contributed by atoms with Crippen LogP contribution in [0.15, 0.2) is 24.3 Å². The molecule has 5 heteroatoms. The normalized spacial score (nSPS) is 8.64. The number of rotatable bonds is 2. The van der Waals surface area contributed by atoms with Gasteiger partial charge in [0.25, 0.3) is 0 Å². The third-order valence-corrected chi connectivity index (χ3v) is 1.47. The summed E-state index contributed by atoms with van der Waals surface area (Å²) < 4.78 is 0. The van der Waals surface area contributed by atoms with Gasteiger partial charge in [-0.15, -0.1) is 0 Å². The highest BCUT2D eigenvalue weighted by Gasteiger charge is 2.07. The fourth-order valence-corrected chi connectivity index (χ4v) is 0.817. The van der Waals surface area contributed by atoms with Crippen molar-refractivity contribution >= 4 is 11.9 Å². The molecule has 0 saturated carbocycles. The first kappa shape index (κ1) is 12.1. The topological polar surface area (TPSA) is 89.6 Å². The summed E-state index contributed by atoms with van der Waals surface area (Å²) >= 11 is 0. The van der Waals surface area contributed by atoms with E-state index in [9.17, 15) is 9.59 Å². The smallest absolute Gasteiger partial charge is 0.356 e. The quantitative estimate of drug-likeness (QED) is 0.691. The van der Waals surface area contributed by atoms with Gasteiger partial charge in [0.1, 0.15) is 0 Å². The molecular weight excluding hydrogens is 186 g/mol. The lowest BCUT2D eigenvalue weighted by Crippen LogP contribution is -2.10. The zero-order valence-electron chi connectivity index (χ0n) is 6.56. The van der Waals surface area contributed by atoms with Crippen LogP contribution >= 0.6 is 0 Å². The first-order valence-corrected chi connectivity index (χ1v) is 3.39. The number of benzene rings is 1. The summed E-state index contributed by atoms with van der Waals surface area (Å²) in [6.45, 7) is 0. The van der Waals surface area contributed by atoms with E-state index in [1.54, 1.807) is 0 Å². The SMILES string of the molecule is C.NOC(=O)c1ccc(C(=O)O)cc1. The van der Waals surface area contributed by atoms with E-state index in [1.807, 2.05) is 0 Å². The van der Waals surface area contributed by atoms with Crippen molar-refractivity contribution in [1.82, 2.24) is 0 Å². The molecule has 0 radical (unpaired) electrons. The van der Waals surface area contributed by atoms with Crippen molar-refractivity contribution in [2.24, 2.45) is 5.90 Å². The van der Waals surface area contributed by atoms with Gasteiger partial charge in [-0.05, 0) is 24.3 Å². The molecule has 1 rings (SSSR count). The van der Waals surface area contributed by atoms with E-state index in [0.717, 1.165) is 0 Å². The number of carboxylic acid groups (broad SMARTS) is 1. The van der Waals surface area contributed by atoms with E-state index < -0.39 is 11.9 Å². The Hall–Kier alpha value is -1.88. The summed E-state index contributed by atoms with van der Waals surface area (Å²) in [5.74, 6) is 2.89. The van der Waals surface area contributed by atoms with E-state index in [0.29, 0.717) is 0 Å². The molecule has 0 aliphatic heterocycles. The van der Waals surface area contributed by atoms with Gasteiger partial charge in [0, 0.05) is 0 Å². The summed E-state index contributed by atoms with van der Waals surface area (Å²) in [7, 11) is 0. The monoisotopic (exact) mass is 197 g/mol. The fourth-order valence-electron chi connectivity index (χ4n) is 0.817. The number of carbonyl (C=O) groups is 2. The zero-order chi connectivity index (χ0) is 9.84. The minimum atomic E-state index is -1.05. The fraction of sp³-hybridized carbons (Fsp3) is 0.111. The van der Waals surface area contributed by atoms with Crippen molar-refractivity contribution in [3.05, 3.63) is 35.4 Å². The van der Waals surface area contributed by atoms with E-state index in [2.05, 4.69) is 10.7 Å². The highest BCUT2D eigenvalue weighted by molar-refractivity contribution is 5.92. The van der Waals surface area contributed by atoms with Crippen molar-refractivity contribution in [3.8, 4) is 0 Å². The minimum absolute atomic E-state index is 0. The molecule has 0 aliphatic carbocycles. The molecule has 1 aromatic rings. The Morgan fingerprint density at radius 3 is 1.93 bits per heavy atom. The number of hydrogen-bond acceptors (Lipinski definition) is 4. The van der Waals surface area contributed by atoms with E-state index in [4.69, 9.17) is 5.11 Å². The van der Waals surface area contributed by atoms with Gasteiger partial charge < -0.3 is 9.94 Å². The molecule has 0 unspecified atom stereocenters. The Morgan fingerprint density at radius 1 is 1.14 bits per heavy atom. The molecule has 5 nitrogen and oxygen atoms in total. The lowest BCUT2D eigenvalue weighted by Gasteiger charge is -1.97. The molecule has 0 bridgehead atoms. The lowest BCUT2D eigenvalue weighted by molar-refractivity contribution is 0.0502. The van der Waals surface area contributed by atoms with Gasteiger partial charge in [0.2, 0.25) is 0 Å². The number of aromatic carboxylic acids is 1. The first-order valence-electron chi connectivity index (χ1n) is 3.39. The van der Waals surface area contributed by atoms with E-state index >= 15 is 0 Å². The second kappa shape index (κ2) is 4.98. The zero-order valence-corrected chi connectivity index (χ0v) is 6.56. The maximum absolute atomic E-state index is 10.8. The van der Waals surface area contributed by atoms with Gasteiger partial charge in [-0.25, -0.2) is 9.59 Å². The molecule has 76 valence electrons. The van der Waals surface area contributed by atoms with Gasteiger partial charge in [0.15, 0.2) is 0 Å². The Balaban J connectivity index is 0.00000169. The van der Waals surface area contributed by atoms with Crippen LogP contribution in [0, 0.1) is 0 Å². The van der Waals surface area contributed by atoms with Gasteiger partial charge in [-0.2, -0.15) is 5.90 Å². The van der Waals surface area contributed by atoms with Gasteiger partial charge in [-0.1, -0.05) is 7.43 Å². The van der Waals surface area contributed by atoms with Crippen LogP contribution in [0.1, 0.15) is 28.1 Å². The third kappa shape index (κ3) is 2.56. The molecule has 1 aromatic carbocycles. The molecule has 0 aromatic heterocycles. The second-order valence-electron chi connectivity index (χ2n) is 2.29. The number of carbonyl (C=O) groups excluding carboxylic acids is 1. The molecule has 3 N–H and O–H groups in total. The highest BCUT2D eigenvalue weighted by Crippen LogP contribution is 2.04. The minimum Gasteiger partial charge on any atom is -0.478 e. The summed E-state index contributed by atoms with van der Waals surface area (Å²) in [6, 6.07) is 5.26. The van der Waals surface area contributed by atoms with Crippen molar-refractivity contribution in [3.63, 3.8) is 0 Å². The van der Waals surface area contributed by atoms with E-state index in [1.165, 1.54) is 24.3 Å². The molecule has 0 fully saturated rings. The first-order chi connectivity index (χ1) is 6.15. The van der Waals surface area contributed by atoms with Gasteiger partial charge in [-0.3, -0.25) is 0 Å². The predicted molar refractivity (Wildman–Crippen MR) is 49.7 cm³/mol. The van der Waals surface area contributed by atoms with Gasteiger partial charge >= 0.3 is 11.9 Å². The average Bonchev–Trinajstić information content (AvgIpc) is 2.17. The lowest BCUT2D eigenvalue weighted by atomic mass is 10.1. The summed E-state index contributed by atoms with van der Waals surface area (Å²) in [5, 5.41) is 8.53. The number of hydrogen-bond donors (Lipinski definition) is 2. The Morgan fingerprint density at radius 2 is 1.57 bits per heavy atom. The van der Waals surface area contributed by atoms with Crippen LogP contribution in [-0.4, -0.2) is 17.0 Å².